The Labute approximate surface area is 162 Å². The summed E-state index contributed by atoms with van der Waals surface area (Å²) in [7, 11) is 0. The molecule has 0 aromatic carbocycles. The first kappa shape index (κ1) is 19.6. The van der Waals surface area contributed by atoms with Crippen LogP contribution in [0.2, 0.25) is 0 Å². The van der Waals surface area contributed by atoms with Crippen LogP contribution < -0.4 is 5.73 Å². The number of aryl methyl sites for hydroxylation is 2. The fourth-order valence-electron chi connectivity index (χ4n) is 3.89. The van der Waals surface area contributed by atoms with Crippen LogP contribution >= 0.6 is 0 Å². The zero-order valence-electron chi connectivity index (χ0n) is 17.5. The van der Waals surface area contributed by atoms with E-state index in [-0.39, 0.29) is 0 Å². The van der Waals surface area contributed by atoms with Crippen molar-refractivity contribution in [1.29, 1.82) is 0 Å². The lowest BCUT2D eigenvalue weighted by Gasteiger charge is -2.17. The SMILES string of the molecule is CCC(CC)n1cc(C)c2nc(-c3ccc(C(C)C)nc3CN)c(C)cc21. The predicted octanol–water partition coefficient (Wildman–Crippen LogP) is 5.66. The molecule has 144 valence electrons. The summed E-state index contributed by atoms with van der Waals surface area (Å²) < 4.78 is 2.40. The van der Waals surface area contributed by atoms with Crippen LogP contribution in [-0.4, -0.2) is 14.5 Å². The normalized spacial score (nSPS) is 11.9. The van der Waals surface area contributed by atoms with Crippen LogP contribution in [0.25, 0.3) is 22.3 Å². The van der Waals surface area contributed by atoms with Crippen molar-refractivity contribution >= 4 is 11.0 Å². The van der Waals surface area contributed by atoms with Gasteiger partial charge in [-0.05, 0) is 61.9 Å². The zero-order chi connectivity index (χ0) is 19.7. The second kappa shape index (κ2) is 7.81. The van der Waals surface area contributed by atoms with Crippen LogP contribution in [0.1, 0.15) is 75.0 Å². The van der Waals surface area contributed by atoms with Gasteiger partial charge in [-0.15, -0.1) is 0 Å². The standard InChI is InChI=1S/C23H32N4/c1-7-17(8-2)27-13-16(6)23-21(27)11-15(5)22(26-23)18-9-10-19(14(3)4)25-20(18)12-24/h9-11,13-14,17H,7-8,12,24H2,1-6H3. The van der Waals surface area contributed by atoms with Gasteiger partial charge in [0.1, 0.15) is 0 Å². The van der Waals surface area contributed by atoms with Gasteiger partial charge in [0.25, 0.3) is 0 Å². The third-order valence-corrected chi connectivity index (χ3v) is 5.55. The van der Waals surface area contributed by atoms with Gasteiger partial charge in [0.15, 0.2) is 0 Å². The third kappa shape index (κ3) is 3.51. The minimum absolute atomic E-state index is 0.386. The van der Waals surface area contributed by atoms with Crippen molar-refractivity contribution in [2.45, 2.75) is 72.9 Å². The number of hydrogen-bond acceptors (Lipinski definition) is 3. The Morgan fingerprint density at radius 3 is 2.33 bits per heavy atom. The fourth-order valence-corrected chi connectivity index (χ4v) is 3.89. The van der Waals surface area contributed by atoms with Crippen LogP contribution in [0.4, 0.5) is 0 Å². The van der Waals surface area contributed by atoms with Crippen molar-refractivity contribution in [3.63, 3.8) is 0 Å². The first-order valence-electron chi connectivity index (χ1n) is 10.1. The first-order chi connectivity index (χ1) is 12.9. The molecule has 27 heavy (non-hydrogen) atoms. The Kier molecular flexibility index (Phi) is 5.66. The van der Waals surface area contributed by atoms with E-state index >= 15 is 0 Å². The molecule has 0 saturated heterocycles. The Hall–Kier alpha value is -2.20. The molecule has 0 amide bonds. The maximum Gasteiger partial charge on any atom is 0.0917 e. The van der Waals surface area contributed by atoms with E-state index in [1.54, 1.807) is 0 Å². The van der Waals surface area contributed by atoms with Gasteiger partial charge in [-0.2, -0.15) is 0 Å². The summed E-state index contributed by atoms with van der Waals surface area (Å²) in [5, 5.41) is 0. The molecule has 0 aliphatic rings. The van der Waals surface area contributed by atoms with E-state index < -0.39 is 0 Å². The van der Waals surface area contributed by atoms with E-state index in [1.807, 2.05) is 0 Å². The summed E-state index contributed by atoms with van der Waals surface area (Å²) in [5.41, 5.74) is 14.8. The van der Waals surface area contributed by atoms with E-state index in [9.17, 15) is 0 Å². The molecule has 0 spiro atoms. The van der Waals surface area contributed by atoms with Gasteiger partial charge >= 0.3 is 0 Å². The molecule has 3 rings (SSSR count). The van der Waals surface area contributed by atoms with Crippen LogP contribution in [0.15, 0.2) is 24.4 Å². The maximum atomic E-state index is 6.04. The van der Waals surface area contributed by atoms with Crippen molar-refractivity contribution < 1.29 is 0 Å². The maximum absolute atomic E-state index is 6.04. The average Bonchev–Trinajstić information content (AvgIpc) is 2.97. The Morgan fingerprint density at radius 2 is 1.74 bits per heavy atom. The van der Waals surface area contributed by atoms with E-state index in [1.165, 1.54) is 16.6 Å². The summed E-state index contributed by atoms with van der Waals surface area (Å²) in [6.07, 6.45) is 4.50. The molecule has 0 atom stereocenters. The average molecular weight is 365 g/mol. The van der Waals surface area contributed by atoms with Crippen molar-refractivity contribution in [3.05, 3.63) is 46.9 Å². The Bertz CT molecular complexity index is 949. The zero-order valence-corrected chi connectivity index (χ0v) is 17.5. The second-order valence-electron chi connectivity index (χ2n) is 7.80. The molecule has 0 aliphatic carbocycles. The van der Waals surface area contributed by atoms with Gasteiger partial charge in [0.2, 0.25) is 0 Å². The largest absolute Gasteiger partial charge is 0.343 e. The Morgan fingerprint density at radius 1 is 1.04 bits per heavy atom. The lowest BCUT2D eigenvalue weighted by atomic mass is 10.0. The molecule has 3 aromatic rings. The molecule has 0 aliphatic heterocycles. The van der Waals surface area contributed by atoms with E-state index in [0.717, 1.165) is 41.0 Å². The number of fused-ring (bicyclic) bond motifs is 1. The highest BCUT2D eigenvalue weighted by molar-refractivity contribution is 5.84. The Balaban J connectivity index is 2.20. The molecule has 4 heteroatoms. The summed E-state index contributed by atoms with van der Waals surface area (Å²) in [6.45, 7) is 13.5. The van der Waals surface area contributed by atoms with Crippen LogP contribution in [0.5, 0.6) is 0 Å². The summed E-state index contributed by atoms with van der Waals surface area (Å²) in [5.74, 6) is 0.386. The van der Waals surface area contributed by atoms with Crippen molar-refractivity contribution in [2.24, 2.45) is 5.73 Å². The minimum atomic E-state index is 0.386. The number of nitrogens with zero attached hydrogens (tertiary/aromatic N) is 3. The van der Waals surface area contributed by atoms with Gasteiger partial charge in [0.05, 0.1) is 22.4 Å². The van der Waals surface area contributed by atoms with E-state index in [2.05, 4.69) is 70.5 Å². The molecule has 0 unspecified atom stereocenters. The third-order valence-electron chi connectivity index (χ3n) is 5.55. The number of hydrogen-bond donors (Lipinski definition) is 1. The van der Waals surface area contributed by atoms with Gasteiger partial charge in [-0.1, -0.05) is 27.7 Å². The predicted molar refractivity (Wildman–Crippen MR) is 114 cm³/mol. The first-order valence-corrected chi connectivity index (χ1v) is 10.1. The number of pyridine rings is 2. The molecule has 0 bridgehead atoms. The van der Waals surface area contributed by atoms with Crippen LogP contribution in [0.3, 0.4) is 0 Å². The molecule has 0 saturated carbocycles. The quantitative estimate of drug-likeness (QED) is 0.614. The minimum Gasteiger partial charge on any atom is -0.343 e. The van der Waals surface area contributed by atoms with Crippen molar-refractivity contribution in [1.82, 2.24) is 14.5 Å². The monoisotopic (exact) mass is 364 g/mol. The number of rotatable bonds is 6. The molecule has 0 radical (unpaired) electrons. The lowest BCUT2D eigenvalue weighted by Crippen LogP contribution is -2.07. The highest BCUT2D eigenvalue weighted by atomic mass is 15.0. The highest BCUT2D eigenvalue weighted by Crippen LogP contribution is 2.32. The molecule has 4 nitrogen and oxygen atoms in total. The van der Waals surface area contributed by atoms with E-state index in [0.29, 0.717) is 18.5 Å². The van der Waals surface area contributed by atoms with Gasteiger partial charge in [-0.3, -0.25) is 4.98 Å². The smallest absolute Gasteiger partial charge is 0.0917 e. The van der Waals surface area contributed by atoms with Gasteiger partial charge < -0.3 is 10.3 Å². The fraction of sp³-hybridized carbons (Fsp3) is 0.478. The summed E-state index contributed by atoms with van der Waals surface area (Å²) >= 11 is 0. The topological polar surface area (TPSA) is 56.7 Å². The van der Waals surface area contributed by atoms with Gasteiger partial charge in [0, 0.05) is 30.0 Å². The molecule has 0 fully saturated rings. The number of aromatic nitrogens is 3. The summed E-state index contributed by atoms with van der Waals surface area (Å²) in [6, 6.07) is 7.03. The summed E-state index contributed by atoms with van der Waals surface area (Å²) in [4.78, 5) is 9.88. The van der Waals surface area contributed by atoms with Gasteiger partial charge in [-0.25, -0.2) is 4.98 Å². The molecule has 3 aromatic heterocycles. The van der Waals surface area contributed by atoms with Crippen LogP contribution in [-0.2, 0) is 6.54 Å². The molecule has 3 heterocycles. The highest BCUT2D eigenvalue weighted by Gasteiger charge is 2.18. The van der Waals surface area contributed by atoms with E-state index in [4.69, 9.17) is 15.7 Å². The molecular formula is C23H32N4. The van der Waals surface area contributed by atoms with Crippen LogP contribution in [0, 0.1) is 13.8 Å². The molecular weight excluding hydrogens is 332 g/mol. The lowest BCUT2D eigenvalue weighted by molar-refractivity contribution is 0.485. The second-order valence-corrected chi connectivity index (χ2v) is 7.80. The van der Waals surface area contributed by atoms with Crippen molar-refractivity contribution in [3.8, 4) is 11.3 Å². The molecule has 2 N–H and O–H groups in total. The van der Waals surface area contributed by atoms with Crippen molar-refractivity contribution in [2.75, 3.05) is 0 Å². The number of nitrogens with two attached hydrogens (primary N) is 1.